The number of nitrogens with one attached hydrogen (secondary N) is 1. The molecule has 0 bridgehead atoms. The third kappa shape index (κ3) is 16.1. The van der Waals surface area contributed by atoms with Gasteiger partial charge in [-0.05, 0) is 32.1 Å². The molecular weight excluding hydrogens is 348 g/mol. The molecule has 1 N–H and O–H groups in total. The summed E-state index contributed by atoms with van der Waals surface area (Å²) in [4.78, 5) is 13.9. The van der Waals surface area contributed by atoms with Crippen LogP contribution in [-0.2, 0) is 9.53 Å². The Hall–Kier alpha value is -0.870. The highest BCUT2D eigenvalue weighted by Crippen LogP contribution is 2.10. The maximum absolute atomic E-state index is 11.8. The predicted molar refractivity (Wildman–Crippen MR) is 120 cm³/mol. The van der Waals surface area contributed by atoms with Gasteiger partial charge in [-0.15, -0.1) is 0 Å². The van der Waals surface area contributed by atoms with Crippen LogP contribution in [0.15, 0.2) is 12.2 Å². The Kier molecular flexibility index (Phi) is 17.5. The van der Waals surface area contributed by atoms with E-state index in [1.54, 1.807) is 0 Å². The van der Waals surface area contributed by atoms with Crippen molar-refractivity contribution in [2.45, 2.75) is 96.8 Å². The number of unbranched alkanes of at least 4 members (excludes halogenated alkanes) is 12. The molecule has 0 aliphatic carbocycles. The fourth-order valence-corrected chi connectivity index (χ4v) is 3.63. The largest absolute Gasteiger partial charge is 0.465 e. The lowest BCUT2D eigenvalue weighted by atomic mass is 10.1. The first-order valence-corrected chi connectivity index (χ1v) is 12.1. The minimum Gasteiger partial charge on any atom is -0.465 e. The highest BCUT2D eigenvalue weighted by Gasteiger charge is 2.13. The smallest absolute Gasteiger partial charge is 0.320 e. The number of rotatable bonds is 18. The molecule has 4 nitrogen and oxygen atoms in total. The van der Waals surface area contributed by atoms with E-state index in [0.717, 1.165) is 32.6 Å². The van der Waals surface area contributed by atoms with Crippen molar-refractivity contribution < 1.29 is 9.53 Å². The monoisotopic (exact) mass is 394 g/mol. The second-order valence-corrected chi connectivity index (χ2v) is 8.18. The van der Waals surface area contributed by atoms with Crippen LogP contribution in [0.5, 0.6) is 0 Å². The predicted octanol–water partition coefficient (Wildman–Crippen LogP) is 5.47. The van der Waals surface area contributed by atoms with Crippen LogP contribution < -0.4 is 5.32 Å². The SMILES string of the molecule is CCCCCCCC/C=C\CCCCCCCCOC(=O)CN1CCNCC1. The third-order valence-electron chi connectivity index (χ3n) is 5.48. The number of esters is 1. The average molecular weight is 395 g/mol. The number of carbonyl (C=O) groups is 1. The summed E-state index contributed by atoms with van der Waals surface area (Å²) >= 11 is 0. The molecule has 0 amide bonds. The van der Waals surface area contributed by atoms with Crippen molar-refractivity contribution in [1.82, 2.24) is 10.2 Å². The van der Waals surface area contributed by atoms with Gasteiger partial charge in [-0.3, -0.25) is 9.69 Å². The quantitative estimate of drug-likeness (QED) is 0.190. The molecule has 28 heavy (non-hydrogen) atoms. The summed E-state index contributed by atoms with van der Waals surface area (Å²) in [5, 5.41) is 3.29. The molecule has 0 unspecified atom stereocenters. The van der Waals surface area contributed by atoms with Gasteiger partial charge in [-0.25, -0.2) is 0 Å². The maximum Gasteiger partial charge on any atom is 0.320 e. The van der Waals surface area contributed by atoms with Crippen molar-refractivity contribution in [3.05, 3.63) is 12.2 Å². The lowest BCUT2D eigenvalue weighted by Gasteiger charge is -2.25. The Morgan fingerprint density at radius 2 is 1.36 bits per heavy atom. The lowest BCUT2D eigenvalue weighted by molar-refractivity contribution is -0.145. The van der Waals surface area contributed by atoms with Crippen LogP contribution in [0.2, 0.25) is 0 Å². The van der Waals surface area contributed by atoms with Crippen LogP contribution in [0.25, 0.3) is 0 Å². The molecule has 1 aliphatic heterocycles. The van der Waals surface area contributed by atoms with Gasteiger partial charge < -0.3 is 10.1 Å². The summed E-state index contributed by atoms with van der Waals surface area (Å²) in [6, 6.07) is 0. The molecule has 1 rings (SSSR count). The number of ether oxygens (including phenoxy) is 1. The van der Waals surface area contributed by atoms with Crippen molar-refractivity contribution in [1.29, 1.82) is 0 Å². The zero-order valence-electron chi connectivity index (χ0n) is 18.6. The van der Waals surface area contributed by atoms with Gasteiger partial charge in [0, 0.05) is 26.2 Å². The van der Waals surface area contributed by atoms with E-state index in [1.165, 1.54) is 83.5 Å². The fourth-order valence-electron chi connectivity index (χ4n) is 3.63. The number of hydrogen-bond acceptors (Lipinski definition) is 4. The average Bonchev–Trinajstić information content (AvgIpc) is 2.71. The molecule has 0 radical (unpaired) electrons. The van der Waals surface area contributed by atoms with Crippen molar-refractivity contribution in [3.63, 3.8) is 0 Å². The Morgan fingerprint density at radius 1 is 0.821 bits per heavy atom. The van der Waals surface area contributed by atoms with E-state index in [9.17, 15) is 4.79 Å². The Labute approximate surface area is 174 Å². The molecule has 0 atom stereocenters. The van der Waals surface area contributed by atoms with Crippen LogP contribution in [0, 0.1) is 0 Å². The van der Waals surface area contributed by atoms with Crippen LogP contribution >= 0.6 is 0 Å². The van der Waals surface area contributed by atoms with E-state index in [4.69, 9.17) is 4.74 Å². The molecule has 4 heteroatoms. The van der Waals surface area contributed by atoms with E-state index in [2.05, 4.69) is 29.3 Å². The standard InChI is InChI=1S/C24H46N2O2/c1-2-3-4-5-6-7-8-9-10-11-12-13-14-15-16-17-22-28-24(27)23-26-20-18-25-19-21-26/h9-10,25H,2-8,11-23H2,1H3/b10-9-. The zero-order valence-corrected chi connectivity index (χ0v) is 18.6. The molecule has 0 spiro atoms. The minimum absolute atomic E-state index is 0.0605. The van der Waals surface area contributed by atoms with E-state index in [-0.39, 0.29) is 5.97 Å². The summed E-state index contributed by atoms with van der Waals surface area (Å²) in [6.45, 7) is 7.16. The summed E-state index contributed by atoms with van der Waals surface area (Å²) in [7, 11) is 0. The molecule has 1 aliphatic rings. The summed E-state index contributed by atoms with van der Waals surface area (Å²) in [6.07, 6.45) is 23.0. The Balaban J connectivity index is 1.75. The van der Waals surface area contributed by atoms with Crippen molar-refractivity contribution in [2.75, 3.05) is 39.3 Å². The highest BCUT2D eigenvalue weighted by molar-refractivity contribution is 5.71. The lowest BCUT2D eigenvalue weighted by Crippen LogP contribution is -2.45. The van der Waals surface area contributed by atoms with Crippen LogP contribution in [0.1, 0.15) is 96.8 Å². The minimum atomic E-state index is -0.0605. The maximum atomic E-state index is 11.8. The Morgan fingerprint density at radius 3 is 1.96 bits per heavy atom. The molecule has 0 saturated carbocycles. The molecule has 0 aromatic carbocycles. The molecule has 1 heterocycles. The zero-order chi connectivity index (χ0) is 20.1. The van der Waals surface area contributed by atoms with Crippen molar-refractivity contribution in [2.24, 2.45) is 0 Å². The number of nitrogens with zero attached hydrogens (tertiary/aromatic N) is 1. The molecular formula is C24H46N2O2. The summed E-state index contributed by atoms with van der Waals surface area (Å²) < 4.78 is 5.35. The molecule has 1 saturated heterocycles. The van der Waals surface area contributed by atoms with Gasteiger partial charge in [0.15, 0.2) is 0 Å². The molecule has 0 aromatic heterocycles. The van der Waals surface area contributed by atoms with Gasteiger partial charge in [0.25, 0.3) is 0 Å². The number of hydrogen-bond donors (Lipinski definition) is 1. The number of carbonyl (C=O) groups excluding carboxylic acids is 1. The Bertz CT molecular complexity index is 379. The molecule has 1 fully saturated rings. The summed E-state index contributed by atoms with van der Waals surface area (Å²) in [5.41, 5.74) is 0. The highest BCUT2D eigenvalue weighted by atomic mass is 16.5. The third-order valence-corrected chi connectivity index (χ3v) is 5.48. The van der Waals surface area contributed by atoms with Gasteiger partial charge in [0.1, 0.15) is 0 Å². The van der Waals surface area contributed by atoms with Crippen LogP contribution in [-0.4, -0.2) is 50.2 Å². The van der Waals surface area contributed by atoms with Crippen LogP contribution in [0.4, 0.5) is 0 Å². The molecule has 0 aromatic rings. The first-order valence-electron chi connectivity index (χ1n) is 12.1. The summed E-state index contributed by atoms with van der Waals surface area (Å²) in [5.74, 6) is -0.0605. The normalized spacial score (nSPS) is 15.3. The number of piperazine rings is 1. The van der Waals surface area contributed by atoms with Crippen molar-refractivity contribution in [3.8, 4) is 0 Å². The van der Waals surface area contributed by atoms with Crippen LogP contribution in [0.3, 0.4) is 0 Å². The van der Waals surface area contributed by atoms with Gasteiger partial charge in [0.05, 0.1) is 13.2 Å². The fraction of sp³-hybridized carbons (Fsp3) is 0.875. The first kappa shape index (κ1) is 25.2. The number of allylic oxidation sites excluding steroid dienone is 2. The van der Waals surface area contributed by atoms with E-state index in [1.807, 2.05) is 0 Å². The van der Waals surface area contributed by atoms with Gasteiger partial charge in [-0.2, -0.15) is 0 Å². The van der Waals surface area contributed by atoms with Gasteiger partial charge in [0.2, 0.25) is 0 Å². The van der Waals surface area contributed by atoms with E-state index >= 15 is 0 Å². The second kappa shape index (κ2) is 19.4. The second-order valence-electron chi connectivity index (χ2n) is 8.18. The van der Waals surface area contributed by atoms with Gasteiger partial charge in [-0.1, -0.05) is 76.9 Å². The van der Waals surface area contributed by atoms with Crippen molar-refractivity contribution >= 4 is 5.97 Å². The first-order chi connectivity index (χ1) is 13.8. The molecule has 164 valence electrons. The topological polar surface area (TPSA) is 41.6 Å². The van der Waals surface area contributed by atoms with Gasteiger partial charge >= 0.3 is 5.97 Å². The van der Waals surface area contributed by atoms with E-state index in [0.29, 0.717) is 13.2 Å². The van der Waals surface area contributed by atoms with E-state index < -0.39 is 0 Å².